The van der Waals surface area contributed by atoms with Crippen LogP contribution in [0.1, 0.15) is 24.1 Å². The van der Waals surface area contributed by atoms with E-state index in [1.807, 2.05) is 30.3 Å². The van der Waals surface area contributed by atoms with Crippen molar-refractivity contribution in [1.29, 1.82) is 0 Å². The summed E-state index contributed by atoms with van der Waals surface area (Å²) < 4.78 is 0.895. The molecule has 5 nitrogen and oxygen atoms in total. The smallest absolute Gasteiger partial charge is 0.290 e. The molecule has 122 valence electrons. The predicted molar refractivity (Wildman–Crippen MR) is 92.0 cm³/mol. The molecule has 2 aromatic rings. The zero-order chi connectivity index (χ0) is 17.3. The van der Waals surface area contributed by atoms with Crippen LogP contribution in [0.25, 0.3) is 0 Å². The minimum Gasteiger partial charge on any atom is -0.503 e. The molecule has 3 rings (SSSR count). The van der Waals surface area contributed by atoms with Crippen molar-refractivity contribution in [1.82, 2.24) is 9.88 Å². The number of carbonyl (C=O) groups is 2. The maximum Gasteiger partial charge on any atom is 0.290 e. The van der Waals surface area contributed by atoms with Crippen molar-refractivity contribution in [3.05, 3.63) is 75.7 Å². The molecule has 0 unspecified atom stereocenters. The van der Waals surface area contributed by atoms with E-state index in [1.54, 1.807) is 18.5 Å². The summed E-state index contributed by atoms with van der Waals surface area (Å²) in [7, 11) is 0. The van der Waals surface area contributed by atoms with Crippen molar-refractivity contribution in [2.24, 2.45) is 0 Å². The van der Waals surface area contributed by atoms with Crippen molar-refractivity contribution in [2.45, 2.75) is 19.5 Å². The number of carbonyl (C=O) groups excluding carboxylic acids is 2. The number of aliphatic hydroxyl groups is 1. The standard InChI is InChI=1S/C18H15BrN2O3/c1-11(22)15-16(13-4-6-14(19)7-5-13)21(18(24)17(15)23)10-12-3-2-8-20-9-12/h2-9,16,23H,10H2,1H3/t16-/m0/s1. The highest BCUT2D eigenvalue weighted by molar-refractivity contribution is 9.10. The Hall–Kier alpha value is -2.47. The molecular weight excluding hydrogens is 372 g/mol. The summed E-state index contributed by atoms with van der Waals surface area (Å²) in [5.74, 6) is -1.33. The predicted octanol–water partition coefficient (Wildman–Crippen LogP) is 3.33. The van der Waals surface area contributed by atoms with Crippen molar-refractivity contribution in [3.8, 4) is 0 Å². The van der Waals surface area contributed by atoms with Gasteiger partial charge >= 0.3 is 0 Å². The number of halogens is 1. The number of benzene rings is 1. The number of Topliss-reactive ketones (excluding diaryl/α,β-unsaturated/α-hetero) is 1. The van der Waals surface area contributed by atoms with Gasteiger partial charge in [-0.05, 0) is 36.2 Å². The summed E-state index contributed by atoms with van der Waals surface area (Å²) in [6.45, 7) is 1.62. The van der Waals surface area contributed by atoms with Gasteiger partial charge in [-0.2, -0.15) is 0 Å². The van der Waals surface area contributed by atoms with Gasteiger partial charge in [0, 0.05) is 23.4 Å². The highest BCUT2D eigenvalue weighted by Crippen LogP contribution is 2.38. The Balaban J connectivity index is 2.04. The van der Waals surface area contributed by atoms with Crippen LogP contribution in [-0.2, 0) is 16.1 Å². The Morgan fingerprint density at radius 1 is 1.29 bits per heavy atom. The number of nitrogens with zero attached hydrogens (tertiary/aromatic N) is 2. The number of ketones is 1. The van der Waals surface area contributed by atoms with Gasteiger partial charge in [0.15, 0.2) is 11.5 Å². The topological polar surface area (TPSA) is 70.5 Å². The monoisotopic (exact) mass is 386 g/mol. The third-order valence-corrected chi connectivity index (χ3v) is 4.47. The number of hydrogen-bond acceptors (Lipinski definition) is 4. The second-order valence-corrected chi connectivity index (χ2v) is 6.48. The molecule has 1 N–H and O–H groups in total. The van der Waals surface area contributed by atoms with Crippen LogP contribution in [0.4, 0.5) is 0 Å². The molecule has 0 radical (unpaired) electrons. The van der Waals surface area contributed by atoms with Crippen LogP contribution >= 0.6 is 15.9 Å². The lowest BCUT2D eigenvalue weighted by atomic mass is 9.96. The first-order chi connectivity index (χ1) is 11.5. The fraction of sp³-hybridized carbons (Fsp3) is 0.167. The second-order valence-electron chi connectivity index (χ2n) is 5.57. The quantitative estimate of drug-likeness (QED) is 0.874. The first kappa shape index (κ1) is 16.4. The largest absolute Gasteiger partial charge is 0.503 e. The Morgan fingerprint density at radius 3 is 2.58 bits per heavy atom. The number of rotatable bonds is 4. The highest BCUT2D eigenvalue weighted by atomic mass is 79.9. The second kappa shape index (κ2) is 6.57. The van der Waals surface area contributed by atoms with Gasteiger partial charge in [0.2, 0.25) is 0 Å². The number of pyridine rings is 1. The van der Waals surface area contributed by atoms with Crippen molar-refractivity contribution >= 4 is 27.6 Å². The number of amides is 1. The van der Waals surface area contributed by atoms with Crippen molar-refractivity contribution < 1.29 is 14.7 Å². The average molecular weight is 387 g/mol. The number of aromatic nitrogens is 1. The van der Waals surface area contributed by atoms with E-state index in [2.05, 4.69) is 20.9 Å². The van der Waals surface area contributed by atoms with Gasteiger partial charge in [0.25, 0.3) is 5.91 Å². The van der Waals surface area contributed by atoms with Crippen LogP contribution in [0.5, 0.6) is 0 Å². The molecule has 1 aromatic carbocycles. The van der Waals surface area contributed by atoms with Gasteiger partial charge in [-0.1, -0.05) is 34.1 Å². The number of aliphatic hydroxyl groups excluding tert-OH is 1. The van der Waals surface area contributed by atoms with E-state index in [0.717, 1.165) is 15.6 Å². The molecule has 0 spiro atoms. The Bertz CT molecular complexity index is 816. The van der Waals surface area contributed by atoms with Gasteiger partial charge in [-0.3, -0.25) is 14.6 Å². The van der Waals surface area contributed by atoms with Crippen molar-refractivity contribution in [3.63, 3.8) is 0 Å². The Labute approximate surface area is 147 Å². The van der Waals surface area contributed by atoms with Gasteiger partial charge in [-0.25, -0.2) is 0 Å². The van der Waals surface area contributed by atoms with Crippen LogP contribution < -0.4 is 0 Å². The molecule has 1 aliphatic rings. The van der Waals surface area contributed by atoms with Gasteiger partial charge in [-0.15, -0.1) is 0 Å². The molecule has 0 saturated heterocycles. The molecule has 2 heterocycles. The lowest BCUT2D eigenvalue weighted by Crippen LogP contribution is -2.30. The lowest BCUT2D eigenvalue weighted by molar-refractivity contribution is -0.130. The zero-order valence-corrected chi connectivity index (χ0v) is 14.5. The normalized spacial score (nSPS) is 17.5. The van der Waals surface area contributed by atoms with Crippen LogP contribution in [0.3, 0.4) is 0 Å². The third kappa shape index (κ3) is 2.97. The van der Waals surface area contributed by atoms with E-state index in [0.29, 0.717) is 0 Å². The van der Waals surface area contributed by atoms with Gasteiger partial charge in [0.05, 0.1) is 11.6 Å². The van der Waals surface area contributed by atoms with Crippen LogP contribution in [0, 0.1) is 0 Å². The van der Waals surface area contributed by atoms with Gasteiger partial charge < -0.3 is 10.0 Å². The van der Waals surface area contributed by atoms with Crippen LogP contribution in [0.2, 0.25) is 0 Å². The molecule has 1 amide bonds. The van der Waals surface area contributed by atoms with Crippen LogP contribution in [0.15, 0.2) is 64.6 Å². The maximum atomic E-state index is 12.5. The Morgan fingerprint density at radius 2 is 2.00 bits per heavy atom. The first-order valence-electron chi connectivity index (χ1n) is 7.38. The minimum absolute atomic E-state index is 0.131. The van der Waals surface area contributed by atoms with E-state index in [-0.39, 0.29) is 17.9 Å². The Kier molecular flexibility index (Phi) is 4.49. The summed E-state index contributed by atoms with van der Waals surface area (Å²) >= 11 is 3.37. The van der Waals surface area contributed by atoms with E-state index >= 15 is 0 Å². The van der Waals surface area contributed by atoms with E-state index in [9.17, 15) is 14.7 Å². The fourth-order valence-corrected chi connectivity index (χ4v) is 3.12. The number of hydrogen-bond donors (Lipinski definition) is 1. The summed E-state index contributed by atoms with van der Waals surface area (Å²) in [6.07, 6.45) is 3.31. The molecule has 24 heavy (non-hydrogen) atoms. The van der Waals surface area contributed by atoms with E-state index in [1.165, 1.54) is 11.8 Å². The van der Waals surface area contributed by atoms with Crippen LogP contribution in [-0.4, -0.2) is 26.7 Å². The molecule has 1 aromatic heterocycles. The highest BCUT2D eigenvalue weighted by Gasteiger charge is 2.42. The molecule has 0 bridgehead atoms. The maximum absolute atomic E-state index is 12.5. The van der Waals surface area contributed by atoms with Gasteiger partial charge in [0.1, 0.15) is 0 Å². The van der Waals surface area contributed by atoms with E-state index in [4.69, 9.17) is 0 Å². The molecule has 1 atom stereocenters. The lowest BCUT2D eigenvalue weighted by Gasteiger charge is -2.26. The van der Waals surface area contributed by atoms with E-state index < -0.39 is 17.7 Å². The summed E-state index contributed by atoms with van der Waals surface area (Å²) in [4.78, 5) is 30.1. The summed E-state index contributed by atoms with van der Waals surface area (Å²) in [5.41, 5.74) is 1.72. The molecular formula is C18H15BrN2O3. The molecule has 6 heteroatoms. The average Bonchev–Trinajstić information content (AvgIpc) is 2.82. The zero-order valence-electron chi connectivity index (χ0n) is 12.9. The SMILES string of the molecule is CC(=O)C1=C(O)C(=O)N(Cc2cccnc2)[C@H]1c1ccc(Br)cc1. The molecule has 1 aliphatic heterocycles. The molecule has 0 fully saturated rings. The third-order valence-electron chi connectivity index (χ3n) is 3.94. The van der Waals surface area contributed by atoms with Crippen molar-refractivity contribution in [2.75, 3.05) is 0 Å². The molecule has 0 aliphatic carbocycles. The molecule has 0 saturated carbocycles. The minimum atomic E-state index is -0.608. The fourth-order valence-electron chi connectivity index (χ4n) is 2.86. The first-order valence-corrected chi connectivity index (χ1v) is 8.17. The summed E-state index contributed by atoms with van der Waals surface area (Å²) in [6, 6.07) is 10.4. The summed E-state index contributed by atoms with van der Waals surface area (Å²) in [5, 5.41) is 10.2.